The molecule has 1 aliphatic rings. The molecule has 1 aromatic rings. The standard InChI is InChI=1S/C11H15NO2/c1-13-9-3-2-4-10(7-9)14-11(8-12)5-6-11/h2-4,7H,5-6,8,12H2,1H3. The van der Waals surface area contributed by atoms with Crippen molar-refractivity contribution in [3.63, 3.8) is 0 Å². The van der Waals surface area contributed by atoms with Gasteiger partial charge in [0.05, 0.1) is 7.11 Å². The summed E-state index contributed by atoms with van der Waals surface area (Å²) in [6, 6.07) is 7.63. The van der Waals surface area contributed by atoms with Gasteiger partial charge in [-0.15, -0.1) is 0 Å². The maximum absolute atomic E-state index is 5.80. The number of hydrogen-bond acceptors (Lipinski definition) is 3. The smallest absolute Gasteiger partial charge is 0.123 e. The van der Waals surface area contributed by atoms with Crippen LogP contribution in [0.2, 0.25) is 0 Å². The van der Waals surface area contributed by atoms with Crippen LogP contribution in [0, 0.1) is 0 Å². The monoisotopic (exact) mass is 193 g/mol. The van der Waals surface area contributed by atoms with Crippen molar-refractivity contribution >= 4 is 0 Å². The summed E-state index contributed by atoms with van der Waals surface area (Å²) >= 11 is 0. The second kappa shape index (κ2) is 3.50. The molecule has 0 amide bonds. The molecule has 0 aromatic heterocycles. The summed E-state index contributed by atoms with van der Waals surface area (Å²) in [6.45, 7) is 0.588. The summed E-state index contributed by atoms with van der Waals surface area (Å²) in [5, 5.41) is 0. The molecule has 0 saturated heterocycles. The van der Waals surface area contributed by atoms with Crippen molar-refractivity contribution in [2.75, 3.05) is 13.7 Å². The van der Waals surface area contributed by atoms with E-state index in [-0.39, 0.29) is 5.60 Å². The second-order valence-electron chi connectivity index (χ2n) is 3.67. The molecule has 14 heavy (non-hydrogen) atoms. The number of benzene rings is 1. The van der Waals surface area contributed by atoms with E-state index in [4.69, 9.17) is 15.2 Å². The molecule has 76 valence electrons. The van der Waals surface area contributed by atoms with Gasteiger partial charge in [-0.25, -0.2) is 0 Å². The Morgan fingerprint density at radius 3 is 2.64 bits per heavy atom. The molecule has 0 aliphatic heterocycles. The topological polar surface area (TPSA) is 44.5 Å². The maximum Gasteiger partial charge on any atom is 0.123 e. The lowest BCUT2D eigenvalue weighted by atomic mass is 10.3. The average molecular weight is 193 g/mol. The Labute approximate surface area is 83.8 Å². The molecule has 0 spiro atoms. The van der Waals surface area contributed by atoms with Crippen LogP contribution < -0.4 is 15.2 Å². The molecule has 3 nitrogen and oxygen atoms in total. The first kappa shape index (κ1) is 9.34. The normalized spacial score (nSPS) is 17.6. The minimum atomic E-state index is -0.0909. The summed E-state index contributed by atoms with van der Waals surface area (Å²) in [5.41, 5.74) is 5.54. The first-order valence-electron chi connectivity index (χ1n) is 4.81. The number of nitrogens with two attached hydrogens (primary N) is 1. The molecule has 1 aliphatic carbocycles. The lowest BCUT2D eigenvalue weighted by Gasteiger charge is -2.16. The third-order valence-corrected chi connectivity index (χ3v) is 2.56. The molecule has 3 heteroatoms. The van der Waals surface area contributed by atoms with Gasteiger partial charge in [0.25, 0.3) is 0 Å². The Morgan fingerprint density at radius 1 is 1.36 bits per heavy atom. The first-order valence-corrected chi connectivity index (χ1v) is 4.81. The fourth-order valence-electron chi connectivity index (χ4n) is 1.40. The van der Waals surface area contributed by atoms with Gasteiger partial charge in [-0.2, -0.15) is 0 Å². The van der Waals surface area contributed by atoms with E-state index in [1.807, 2.05) is 24.3 Å². The second-order valence-corrected chi connectivity index (χ2v) is 3.67. The van der Waals surface area contributed by atoms with Gasteiger partial charge in [-0.05, 0) is 25.0 Å². The zero-order valence-electron chi connectivity index (χ0n) is 8.32. The Balaban J connectivity index is 2.09. The van der Waals surface area contributed by atoms with Crippen LogP contribution in [0.25, 0.3) is 0 Å². The maximum atomic E-state index is 5.80. The van der Waals surface area contributed by atoms with Crippen molar-refractivity contribution in [3.05, 3.63) is 24.3 Å². The van der Waals surface area contributed by atoms with E-state index >= 15 is 0 Å². The molecule has 0 atom stereocenters. The fraction of sp³-hybridized carbons (Fsp3) is 0.455. The molecule has 2 rings (SSSR count). The van der Waals surface area contributed by atoms with Crippen molar-refractivity contribution in [3.8, 4) is 11.5 Å². The SMILES string of the molecule is COc1cccc(OC2(CN)CC2)c1. The van der Waals surface area contributed by atoms with Gasteiger partial charge < -0.3 is 15.2 Å². The van der Waals surface area contributed by atoms with Crippen molar-refractivity contribution in [1.29, 1.82) is 0 Å². The van der Waals surface area contributed by atoms with Crippen molar-refractivity contribution in [1.82, 2.24) is 0 Å². The van der Waals surface area contributed by atoms with Crippen LogP contribution >= 0.6 is 0 Å². The zero-order valence-corrected chi connectivity index (χ0v) is 8.32. The molecule has 0 unspecified atom stereocenters. The summed E-state index contributed by atoms with van der Waals surface area (Å²) in [7, 11) is 1.65. The van der Waals surface area contributed by atoms with Crippen molar-refractivity contribution in [2.24, 2.45) is 5.73 Å². The van der Waals surface area contributed by atoms with Crippen LogP contribution in [0.15, 0.2) is 24.3 Å². The molecule has 2 N–H and O–H groups in total. The lowest BCUT2D eigenvalue weighted by molar-refractivity contribution is 0.187. The third kappa shape index (κ3) is 1.82. The van der Waals surface area contributed by atoms with Crippen LogP contribution in [0.3, 0.4) is 0 Å². The summed E-state index contributed by atoms with van der Waals surface area (Å²) < 4.78 is 10.9. The van der Waals surface area contributed by atoms with Gasteiger partial charge in [-0.3, -0.25) is 0 Å². The molecule has 0 radical (unpaired) electrons. The van der Waals surface area contributed by atoms with Gasteiger partial charge in [0.1, 0.15) is 17.1 Å². The van der Waals surface area contributed by atoms with Crippen molar-refractivity contribution < 1.29 is 9.47 Å². The molecule has 0 heterocycles. The lowest BCUT2D eigenvalue weighted by Crippen LogP contribution is -2.28. The predicted octanol–water partition coefficient (Wildman–Crippen LogP) is 1.57. The highest BCUT2D eigenvalue weighted by molar-refractivity contribution is 5.33. The largest absolute Gasteiger partial charge is 0.497 e. The van der Waals surface area contributed by atoms with Crippen LogP contribution in [0.1, 0.15) is 12.8 Å². The van der Waals surface area contributed by atoms with Gasteiger partial charge >= 0.3 is 0 Å². The van der Waals surface area contributed by atoms with E-state index in [0.717, 1.165) is 24.3 Å². The number of hydrogen-bond donors (Lipinski definition) is 1. The van der Waals surface area contributed by atoms with Crippen LogP contribution in [-0.4, -0.2) is 19.3 Å². The number of ether oxygens (including phenoxy) is 2. The molecule has 1 saturated carbocycles. The Morgan fingerprint density at radius 2 is 2.07 bits per heavy atom. The molecule has 1 fully saturated rings. The minimum Gasteiger partial charge on any atom is -0.497 e. The number of methoxy groups -OCH3 is 1. The quantitative estimate of drug-likeness (QED) is 0.789. The highest BCUT2D eigenvalue weighted by Gasteiger charge is 2.44. The summed E-state index contributed by atoms with van der Waals surface area (Å²) in [5.74, 6) is 1.66. The van der Waals surface area contributed by atoms with Crippen LogP contribution in [-0.2, 0) is 0 Å². The van der Waals surface area contributed by atoms with E-state index in [2.05, 4.69) is 0 Å². The van der Waals surface area contributed by atoms with Gasteiger partial charge in [-0.1, -0.05) is 6.07 Å². The van der Waals surface area contributed by atoms with E-state index in [1.54, 1.807) is 7.11 Å². The first-order chi connectivity index (χ1) is 6.78. The van der Waals surface area contributed by atoms with E-state index in [1.165, 1.54) is 0 Å². The number of rotatable bonds is 4. The molecular formula is C11H15NO2. The van der Waals surface area contributed by atoms with Crippen molar-refractivity contribution in [2.45, 2.75) is 18.4 Å². The Bertz CT molecular complexity index is 321. The van der Waals surface area contributed by atoms with E-state index in [0.29, 0.717) is 6.54 Å². The predicted molar refractivity (Wildman–Crippen MR) is 54.6 cm³/mol. The molecule has 1 aromatic carbocycles. The van der Waals surface area contributed by atoms with E-state index < -0.39 is 0 Å². The van der Waals surface area contributed by atoms with Gasteiger partial charge in [0.15, 0.2) is 0 Å². The summed E-state index contributed by atoms with van der Waals surface area (Å²) in [4.78, 5) is 0. The van der Waals surface area contributed by atoms with Crippen LogP contribution in [0.4, 0.5) is 0 Å². The third-order valence-electron chi connectivity index (χ3n) is 2.56. The minimum absolute atomic E-state index is 0.0909. The zero-order chi connectivity index (χ0) is 10.0. The Hall–Kier alpha value is -1.22. The van der Waals surface area contributed by atoms with Gasteiger partial charge in [0, 0.05) is 12.6 Å². The molecular weight excluding hydrogens is 178 g/mol. The highest BCUT2D eigenvalue weighted by Crippen LogP contribution is 2.39. The van der Waals surface area contributed by atoms with Gasteiger partial charge in [0.2, 0.25) is 0 Å². The average Bonchev–Trinajstić information content (AvgIpc) is 2.99. The Kier molecular flexibility index (Phi) is 2.33. The van der Waals surface area contributed by atoms with Crippen LogP contribution in [0.5, 0.6) is 11.5 Å². The molecule has 0 bridgehead atoms. The highest BCUT2D eigenvalue weighted by atomic mass is 16.5. The fourth-order valence-corrected chi connectivity index (χ4v) is 1.40. The summed E-state index contributed by atoms with van der Waals surface area (Å²) in [6.07, 6.45) is 2.11. The van der Waals surface area contributed by atoms with E-state index in [9.17, 15) is 0 Å².